The van der Waals surface area contributed by atoms with E-state index >= 15 is 0 Å². The van der Waals surface area contributed by atoms with E-state index in [4.69, 9.17) is 0 Å². The number of hydrogen-bond acceptors (Lipinski definition) is 5. The van der Waals surface area contributed by atoms with Crippen molar-refractivity contribution in [2.45, 2.75) is 0 Å². The third kappa shape index (κ3) is 6.20. The molecule has 0 saturated heterocycles. The van der Waals surface area contributed by atoms with Gasteiger partial charge in [-0.05, 0) is 9.13 Å². The average molecular weight is 244 g/mol. The molecule has 13 heavy (non-hydrogen) atoms. The molecule has 0 spiro atoms. The van der Waals surface area contributed by atoms with Gasteiger partial charge in [-0.3, -0.25) is 4.57 Å². The predicted octanol–water partition coefficient (Wildman–Crippen LogP) is 3.14. The molecule has 0 rings (SSSR count). The van der Waals surface area contributed by atoms with E-state index in [0.717, 1.165) is 0 Å². The first-order valence-electron chi connectivity index (χ1n) is 3.31. The number of hydrogen-bond donors (Lipinski definition) is 0. The molecule has 0 saturated carbocycles. The van der Waals surface area contributed by atoms with Crippen LogP contribution < -0.4 is 0 Å². The Bertz CT molecular complexity index is 253. The molecule has 0 amide bonds. The van der Waals surface area contributed by atoms with Gasteiger partial charge in [0.2, 0.25) is 0 Å². The monoisotopic (exact) mass is 244 g/mol. The normalized spacial score (nSPS) is 17.4. The van der Waals surface area contributed by atoms with Crippen LogP contribution in [0.25, 0.3) is 0 Å². The van der Waals surface area contributed by atoms with Gasteiger partial charge in [-0.2, -0.15) is 0 Å². The second-order valence-electron chi connectivity index (χ2n) is 2.12. The average Bonchev–Trinajstić information content (AvgIpc) is 1.81. The standard InChI is InChI=1S/C5H11O5P3/c1-4-5-13(8,9-11(2)6)10-12(3)7/h4H,1,5H2,2-3H3/q+2. The maximum Gasteiger partial charge on any atom is 0.513 e. The van der Waals surface area contributed by atoms with Crippen LogP contribution in [0.4, 0.5) is 0 Å². The first kappa shape index (κ1) is 13.1. The van der Waals surface area contributed by atoms with Gasteiger partial charge < -0.3 is 0 Å². The van der Waals surface area contributed by atoms with Crippen LogP contribution in [0.5, 0.6) is 0 Å². The third-order valence-corrected chi connectivity index (χ3v) is 5.37. The summed E-state index contributed by atoms with van der Waals surface area (Å²) in [7, 11) is -7.61. The minimum atomic E-state index is -3.52. The van der Waals surface area contributed by atoms with Crippen LogP contribution in [0.15, 0.2) is 12.7 Å². The summed E-state index contributed by atoms with van der Waals surface area (Å²) in [6, 6.07) is 0. The molecule has 0 aliphatic rings. The lowest BCUT2D eigenvalue weighted by Gasteiger charge is -1.99. The van der Waals surface area contributed by atoms with Gasteiger partial charge in [0.1, 0.15) is 0 Å². The van der Waals surface area contributed by atoms with Gasteiger partial charge in [0.15, 0.2) is 13.3 Å². The van der Waals surface area contributed by atoms with Gasteiger partial charge in [0, 0.05) is 0 Å². The van der Waals surface area contributed by atoms with Crippen LogP contribution in [0.1, 0.15) is 0 Å². The minimum Gasteiger partial charge on any atom is -0.252 e. The summed E-state index contributed by atoms with van der Waals surface area (Å²) >= 11 is 0. The smallest absolute Gasteiger partial charge is 0.252 e. The number of rotatable bonds is 6. The molecular formula is C5H11O5P3+2. The quantitative estimate of drug-likeness (QED) is 0.530. The van der Waals surface area contributed by atoms with E-state index in [1.54, 1.807) is 0 Å². The van der Waals surface area contributed by atoms with Gasteiger partial charge in [0.25, 0.3) is 0 Å². The summed E-state index contributed by atoms with van der Waals surface area (Å²) in [5, 5.41) is 0. The van der Waals surface area contributed by atoms with Crippen molar-refractivity contribution in [1.29, 1.82) is 0 Å². The molecule has 0 bridgehead atoms. The van der Waals surface area contributed by atoms with Gasteiger partial charge in [-0.15, -0.1) is 6.58 Å². The molecule has 5 nitrogen and oxygen atoms in total. The second-order valence-corrected chi connectivity index (χ2v) is 6.78. The zero-order valence-electron chi connectivity index (χ0n) is 7.37. The highest BCUT2D eigenvalue weighted by atomic mass is 31.3. The Labute approximate surface area is 78.8 Å². The van der Waals surface area contributed by atoms with Crippen LogP contribution in [0, 0.1) is 0 Å². The molecule has 2 unspecified atom stereocenters. The Hall–Kier alpha value is 0.0900. The lowest BCUT2D eigenvalue weighted by molar-refractivity contribution is 0.398. The maximum atomic E-state index is 11.6. The summed E-state index contributed by atoms with van der Waals surface area (Å²) in [5.74, 6) is 0. The van der Waals surface area contributed by atoms with Gasteiger partial charge in [0.05, 0.1) is 6.16 Å². The van der Waals surface area contributed by atoms with Gasteiger partial charge >= 0.3 is 23.7 Å². The predicted molar refractivity (Wildman–Crippen MR) is 51.9 cm³/mol. The van der Waals surface area contributed by atoms with E-state index in [9.17, 15) is 13.7 Å². The number of allylic oxidation sites excluding steroid dienone is 1. The highest BCUT2D eigenvalue weighted by molar-refractivity contribution is 7.66. The van der Waals surface area contributed by atoms with Crippen molar-refractivity contribution in [1.82, 2.24) is 0 Å². The van der Waals surface area contributed by atoms with Crippen molar-refractivity contribution in [2.24, 2.45) is 0 Å². The van der Waals surface area contributed by atoms with E-state index in [1.807, 2.05) is 0 Å². The van der Waals surface area contributed by atoms with E-state index < -0.39 is 23.7 Å². The largest absolute Gasteiger partial charge is 0.513 e. The molecule has 74 valence electrons. The first-order valence-corrected chi connectivity index (χ1v) is 8.28. The van der Waals surface area contributed by atoms with E-state index in [0.29, 0.717) is 0 Å². The van der Waals surface area contributed by atoms with E-state index in [2.05, 4.69) is 15.2 Å². The fourth-order valence-corrected chi connectivity index (χ4v) is 4.63. The Morgan fingerprint density at radius 1 is 1.31 bits per heavy atom. The summed E-state index contributed by atoms with van der Waals surface area (Å²) in [6.07, 6.45) is 1.20. The summed E-state index contributed by atoms with van der Waals surface area (Å²) < 4.78 is 42.0. The zero-order valence-corrected chi connectivity index (χ0v) is 10.1. The molecule has 0 N–H and O–H groups in total. The lowest BCUT2D eigenvalue weighted by atomic mass is 10.8. The van der Waals surface area contributed by atoms with Crippen molar-refractivity contribution in [3.63, 3.8) is 0 Å². The van der Waals surface area contributed by atoms with E-state index in [1.165, 1.54) is 19.4 Å². The Balaban J connectivity index is 4.51. The van der Waals surface area contributed by atoms with Crippen molar-refractivity contribution >= 4 is 23.7 Å². The molecule has 0 aromatic rings. The van der Waals surface area contributed by atoms with Gasteiger partial charge in [-0.1, -0.05) is 14.7 Å². The highest BCUT2D eigenvalue weighted by Crippen LogP contribution is 2.59. The molecule has 0 aliphatic carbocycles. The highest BCUT2D eigenvalue weighted by Gasteiger charge is 2.39. The van der Waals surface area contributed by atoms with Crippen LogP contribution in [0.2, 0.25) is 0 Å². The lowest BCUT2D eigenvalue weighted by Crippen LogP contribution is -1.88. The first-order chi connectivity index (χ1) is 5.89. The van der Waals surface area contributed by atoms with Crippen molar-refractivity contribution in [3.05, 3.63) is 12.7 Å². The molecular weight excluding hydrogens is 233 g/mol. The molecule has 0 aromatic carbocycles. The topological polar surface area (TPSA) is 69.7 Å². The zero-order chi connectivity index (χ0) is 10.5. The Morgan fingerprint density at radius 2 is 1.69 bits per heavy atom. The molecule has 0 radical (unpaired) electrons. The molecule has 0 aromatic heterocycles. The van der Waals surface area contributed by atoms with Crippen molar-refractivity contribution in [2.75, 3.05) is 19.5 Å². The Kier molecular flexibility index (Phi) is 5.78. The summed E-state index contributed by atoms with van der Waals surface area (Å²) in [5.41, 5.74) is 0. The molecule has 2 atom stereocenters. The van der Waals surface area contributed by atoms with Crippen molar-refractivity contribution < 1.29 is 22.3 Å². The molecule has 8 heteroatoms. The van der Waals surface area contributed by atoms with Crippen LogP contribution in [0.3, 0.4) is 0 Å². The molecule has 0 fully saturated rings. The van der Waals surface area contributed by atoms with Crippen LogP contribution >= 0.6 is 23.7 Å². The SMILES string of the molecule is C=CCP(=O)(O[P+](C)=O)O[P+](C)=O. The third-order valence-electron chi connectivity index (χ3n) is 0.831. The summed E-state index contributed by atoms with van der Waals surface area (Å²) in [6.45, 7) is 5.83. The van der Waals surface area contributed by atoms with Gasteiger partial charge in [-0.25, -0.2) is 0 Å². The Morgan fingerprint density at radius 3 is 1.92 bits per heavy atom. The molecule has 0 heterocycles. The fraction of sp³-hybridized carbons (Fsp3) is 0.600. The summed E-state index contributed by atoms with van der Waals surface area (Å²) in [4.78, 5) is 0. The fourth-order valence-electron chi connectivity index (χ4n) is 0.590. The van der Waals surface area contributed by atoms with Crippen LogP contribution in [-0.4, -0.2) is 19.5 Å². The minimum absolute atomic E-state index is 0.100. The van der Waals surface area contributed by atoms with E-state index in [-0.39, 0.29) is 6.16 Å². The second kappa shape index (κ2) is 5.74. The van der Waals surface area contributed by atoms with Crippen molar-refractivity contribution in [3.8, 4) is 0 Å². The maximum absolute atomic E-state index is 11.6. The molecule has 0 aliphatic heterocycles. The van der Waals surface area contributed by atoms with Crippen LogP contribution in [-0.2, 0) is 22.3 Å².